The van der Waals surface area contributed by atoms with E-state index in [2.05, 4.69) is 4.18 Å². The van der Waals surface area contributed by atoms with Crippen LogP contribution in [0.3, 0.4) is 0 Å². The molecule has 0 radical (unpaired) electrons. The Morgan fingerprint density at radius 1 is 1.42 bits per heavy atom. The molecule has 0 heterocycles. The Balaban J connectivity index is 2.91. The zero-order valence-corrected chi connectivity index (χ0v) is 9.34. The first-order valence-electron chi connectivity index (χ1n) is 3.22. The fourth-order valence-corrected chi connectivity index (χ4v) is 1.77. The Hall–Kier alpha value is -0.698. The van der Waals surface area contributed by atoms with Crippen molar-refractivity contribution in [3.05, 3.63) is 24.3 Å². The van der Waals surface area contributed by atoms with Gasteiger partial charge in [0.25, 0.3) is 0 Å². The molecule has 2 N–H and O–H groups in total. The highest BCUT2D eigenvalue weighted by atomic mass is 32.4. The summed E-state index contributed by atoms with van der Waals surface area (Å²) in [5, 5.41) is 0. The van der Waals surface area contributed by atoms with Gasteiger partial charge in [-0.3, -0.25) is 0 Å². The van der Waals surface area contributed by atoms with E-state index in [1.54, 1.807) is 18.2 Å². The van der Waals surface area contributed by atoms with Crippen LogP contribution in [-0.2, 0) is 8.48 Å². The molecule has 0 amide bonds. The van der Waals surface area contributed by atoms with Crippen LogP contribution in [0.5, 0.6) is 5.75 Å². The summed E-state index contributed by atoms with van der Waals surface area (Å²) in [7, 11) is -3.31. The van der Waals surface area contributed by atoms with E-state index < -0.39 is 8.48 Å². The quantitative estimate of drug-likeness (QED) is 0.518. The second-order valence-corrected chi connectivity index (χ2v) is 6.93. The molecule has 1 aromatic carbocycles. The van der Waals surface area contributed by atoms with Gasteiger partial charge in [0.1, 0.15) is 5.75 Å². The van der Waals surface area contributed by atoms with Gasteiger partial charge in [-0.25, -0.2) is 8.42 Å². The van der Waals surface area contributed by atoms with E-state index >= 15 is 0 Å². The Bertz CT molecular complexity index is 376. The topological polar surface area (TPSA) is 69.4 Å². The van der Waals surface area contributed by atoms with Crippen LogP contribution >= 0.6 is 0 Å². The van der Waals surface area contributed by atoms with Crippen LogP contribution in [-0.4, -0.2) is 23.6 Å². The molecule has 1 aromatic rings. The smallest absolute Gasteiger partial charge is 0.400 e. The first kappa shape index (κ1) is 9.39. The molecule has 0 aliphatic rings. The Morgan fingerprint density at radius 2 is 2.08 bits per heavy atom. The predicted molar refractivity (Wildman–Crippen MR) is 48.9 cm³/mol. The summed E-state index contributed by atoms with van der Waals surface area (Å²) in [6.45, 7) is 0. The first-order valence-corrected chi connectivity index (χ1v) is 7.49. The molecule has 0 bridgehead atoms. The van der Waals surface area contributed by atoms with Crippen molar-refractivity contribution >= 4 is 29.3 Å². The summed E-state index contributed by atoms with van der Waals surface area (Å²) in [4.78, 5) is 0. The maximum absolute atomic E-state index is 10.7. The summed E-state index contributed by atoms with van der Waals surface area (Å²) in [5.41, 5.74) is 5.90. The Kier molecular flexibility index (Phi) is 2.63. The maximum Gasteiger partial charge on any atom is 0.473 e. The van der Waals surface area contributed by atoms with Gasteiger partial charge in [0.15, 0.2) is 8.48 Å². The van der Waals surface area contributed by atoms with Crippen molar-refractivity contribution in [3.8, 4) is 5.75 Å². The molecule has 6 heteroatoms. The highest BCUT2D eigenvalue weighted by Gasteiger charge is 2.02. The molecule has 0 saturated carbocycles. The predicted octanol–water partition coefficient (Wildman–Crippen LogP) is -0.474. The number of benzene rings is 1. The van der Waals surface area contributed by atoms with E-state index in [1.807, 2.05) is 0 Å². The number of hydrogen-bond donors (Lipinski definition) is 1. The van der Waals surface area contributed by atoms with Gasteiger partial charge in [0, 0.05) is 11.8 Å². The molecule has 0 aliphatic carbocycles. The molecule has 0 fully saturated rings. The lowest BCUT2D eigenvalue weighted by Gasteiger charge is -2.03. The lowest BCUT2D eigenvalue weighted by molar-refractivity contribution is 0.503. The average molecular weight is 201 g/mol. The van der Waals surface area contributed by atoms with Crippen LogP contribution in [0.4, 0.5) is 5.69 Å². The number of nitrogens with two attached hydrogens (primary N) is 1. The number of nitrogen functional groups attached to an aromatic ring is 1. The van der Waals surface area contributed by atoms with Gasteiger partial charge in [-0.1, -0.05) is 6.07 Å². The zero-order chi connectivity index (χ0) is 9.19. The van der Waals surface area contributed by atoms with Crippen molar-refractivity contribution in [2.24, 2.45) is 0 Å². The molecule has 1 rings (SSSR count). The molecule has 0 saturated heterocycles. The highest BCUT2D eigenvalue weighted by molar-refractivity contribution is 8.08. The molecular weight excluding hydrogens is 193 g/mol. The summed E-state index contributed by atoms with van der Waals surface area (Å²) in [6, 6.07) is 6.31. The van der Waals surface area contributed by atoms with Crippen molar-refractivity contribution in [2.45, 2.75) is 0 Å². The van der Waals surface area contributed by atoms with Crippen LogP contribution in [0, 0.1) is 0 Å². The van der Waals surface area contributed by atoms with Gasteiger partial charge in [-0.2, -0.15) is 0 Å². The van der Waals surface area contributed by atoms with Gasteiger partial charge >= 0.3 is 15.2 Å². The van der Waals surface area contributed by atoms with Crippen LogP contribution in [0.25, 0.3) is 0 Å². The number of hydrogen-bond acceptors (Lipinski definition) is 4. The summed E-state index contributed by atoms with van der Waals surface area (Å²) in [5.74, 6) is 0.269. The SMILES string of the molecule is Nc1cccc(O[S](=O)(=O)[AlH2])c1. The van der Waals surface area contributed by atoms with E-state index in [0.717, 1.165) is 0 Å². The minimum Gasteiger partial charge on any atom is -0.400 e. The second kappa shape index (κ2) is 3.35. The Labute approximate surface area is 77.9 Å². The van der Waals surface area contributed by atoms with Crippen molar-refractivity contribution in [1.82, 2.24) is 0 Å². The highest BCUT2D eigenvalue weighted by Crippen LogP contribution is 2.15. The molecule has 64 valence electrons. The van der Waals surface area contributed by atoms with E-state index in [1.165, 1.54) is 6.07 Å². The normalized spacial score (nSPS) is 11.0. The van der Waals surface area contributed by atoms with Crippen LogP contribution in [0.2, 0.25) is 0 Å². The van der Waals surface area contributed by atoms with Crippen LogP contribution in [0.15, 0.2) is 24.3 Å². The fourth-order valence-electron chi connectivity index (χ4n) is 0.741. The maximum atomic E-state index is 10.7. The number of anilines is 1. The average Bonchev–Trinajstić information content (AvgIpc) is 1.82. The lowest BCUT2D eigenvalue weighted by atomic mass is 10.3. The second-order valence-electron chi connectivity index (χ2n) is 2.36. The number of rotatable bonds is 2. The van der Waals surface area contributed by atoms with E-state index in [9.17, 15) is 8.42 Å². The van der Waals surface area contributed by atoms with E-state index in [4.69, 9.17) is 5.73 Å². The summed E-state index contributed by atoms with van der Waals surface area (Å²) < 4.78 is 26.1. The molecule has 12 heavy (non-hydrogen) atoms. The van der Waals surface area contributed by atoms with Gasteiger partial charge in [-0.15, -0.1) is 0 Å². The van der Waals surface area contributed by atoms with Crippen molar-refractivity contribution in [3.63, 3.8) is 0 Å². The standard InChI is InChI=1S/C6H6NO3S.Al.2H/c7-5-2-1-3-6(4-5)10-11(8)9;;;/h1-4H,7H2;;;. The first-order chi connectivity index (χ1) is 5.47. The molecule has 0 aliphatic heterocycles. The van der Waals surface area contributed by atoms with Crippen LogP contribution in [0.1, 0.15) is 0 Å². The van der Waals surface area contributed by atoms with Crippen molar-refractivity contribution in [2.75, 3.05) is 5.73 Å². The zero-order valence-electron chi connectivity index (χ0n) is 6.52. The van der Waals surface area contributed by atoms with Crippen molar-refractivity contribution in [1.29, 1.82) is 0 Å². The van der Waals surface area contributed by atoms with Gasteiger partial charge in [-0.05, 0) is 12.1 Å². The molecule has 0 atom stereocenters. The molecule has 4 nitrogen and oxygen atoms in total. The van der Waals surface area contributed by atoms with E-state index in [-0.39, 0.29) is 20.9 Å². The Morgan fingerprint density at radius 3 is 2.58 bits per heavy atom. The summed E-state index contributed by atoms with van der Waals surface area (Å²) >= 11 is -0.0300. The summed E-state index contributed by atoms with van der Waals surface area (Å²) in [6.07, 6.45) is 0. The third kappa shape index (κ3) is 3.13. The monoisotopic (exact) mass is 201 g/mol. The third-order valence-corrected chi connectivity index (χ3v) is 2.10. The van der Waals surface area contributed by atoms with E-state index in [0.29, 0.717) is 5.69 Å². The minimum atomic E-state index is -3.31. The fraction of sp³-hybridized carbons (Fsp3) is 0. The largest absolute Gasteiger partial charge is 0.473 e. The van der Waals surface area contributed by atoms with Crippen molar-refractivity contribution < 1.29 is 12.6 Å². The molecular formula is C6H8AlNO3S. The van der Waals surface area contributed by atoms with Crippen LogP contribution < -0.4 is 9.92 Å². The molecule has 0 unspecified atom stereocenters. The molecule has 0 aromatic heterocycles. The molecule has 0 spiro atoms. The van der Waals surface area contributed by atoms with Gasteiger partial charge in [0.2, 0.25) is 0 Å². The minimum absolute atomic E-state index is 0.0300. The van der Waals surface area contributed by atoms with Gasteiger partial charge < -0.3 is 9.92 Å². The van der Waals surface area contributed by atoms with Gasteiger partial charge in [0.05, 0.1) is 0 Å². The lowest BCUT2D eigenvalue weighted by Crippen LogP contribution is -2.07. The third-order valence-electron chi connectivity index (χ3n) is 1.11.